The molecule has 2 N–H and O–H groups in total. The Kier molecular flexibility index (Phi) is 3.96. The molecule has 2 aromatic carbocycles. The first kappa shape index (κ1) is 16.1. The number of aryl methyl sites for hydroxylation is 1. The number of likely N-dealkylation sites (N-methyl/N-ethyl adjacent to an activating group) is 1. The predicted molar refractivity (Wildman–Crippen MR) is 96.8 cm³/mol. The molecule has 3 unspecified atom stereocenters. The number of hydrogen-bond donors (Lipinski definition) is 2. The Morgan fingerprint density at radius 1 is 1.24 bits per heavy atom. The number of rotatable bonds is 1. The molecule has 0 aliphatic carbocycles. The summed E-state index contributed by atoms with van der Waals surface area (Å²) in [5.74, 6) is 0.0703. The first-order valence-corrected chi connectivity index (χ1v) is 8.80. The molecule has 0 saturated carbocycles. The Labute approximate surface area is 147 Å². The van der Waals surface area contributed by atoms with Crippen molar-refractivity contribution in [1.82, 2.24) is 0 Å². The number of nitrogens with zero attached hydrogens (tertiary/aromatic N) is 1. The highest BCUT2D eigenvalue weighted by Gasteiger charge is 2.45. The predicted octanol–water partition coefficient (Wildman–Crippen LogP) is 2.56. The van der Waals surface area contributed by atoms with Crippen LogP contribution in [0.2, 0.25) is 0 Å². The molecule has 0 bridgehead atoms. The van der Waals surface area contributed by atoms with Gasteiger partial charge in [-0.2, -0.15) is 0 Å². The van der Waals surface area contributed by atoms with Crippen LogP contribution >= 0.6 is 0 Å². The lowest BCUT2D eigenvalue weighted by atomic mass is 9.89. The van der Waals surface area contributed by atoms with Crippen LogP contribution in [0.3, 0.4) is 0 Å². The van der Waals surface area contributed by atoms with Crippen LogP contribution in [0, 0.1) is 12.7 Å². The number of carbonyl (C=O) groups is 1. The highest BCUT2D eigenvalue weighted by atomic mass is 19.1. The van der Waals surface area contributed by atoms with E-state index in [4.69, 9.17) is 0 Å². The first-order chi connectivity index (χ1) is 12.0. The normalized spacial score (nSPS) is 24.6. The van der Waals surface area contributed by atoms with Gasteiger partial charge in [-0.3, -0.25) is 4.90 Å². The zero-order valence-corrected chi connectivity index (χ0v) is 14.6. The summed E-state index contributed by atoms with van der Waals surface area (Å²) in [4.78, 5) is 16.4. The van der Waals surface area contributed by atoms with Gasteiger partial charge in [0.15, 0.2) is 0 Å². The Bertz CT molecular complexity index is 805. The van der Waals surface area contributed by atoms with E-state index in [0.717, 1.165) is 25.2 Å². The van der Waals surface area contributed by atoms with Crippen molar-refractivity contribution in [3.63, 3.8) is 0 Å². The van der Waals surface area contributed by atoms with Gasteiger partial charge in [-0.1, -0.05) is 17.7 Å². The topological polar surface area (TPSA) is 36.8 Å². The molecule has 4 nitrogen and oxygen atoms in total. The van der Waals surface area contributed by atoms with Gasteiger partial charge >= 0.3 is 6.03 Å². The molecule has 5 heteroatoms. The van der Waals surface area contributed by atoms with Gasteiger partial charge in [0.1, 0.15) is 5.82 Å². The molecule has 1 saturated heterocycles. The van der Waals surface area contributed by atoms with Gasteiger partial charge in [0.2, 0.25) is 0 Å². The Morgan fingerprint density at radius 3 is 2.76 bits per heavy atom. The Morgan fingerprint density at radius 2 is 2.00 bits per heavy atom. The minimum absolute atomic E-state index is 0.135. The van der Waals surface area contributed by atoms with Gasteiger partial charge in [0, 0.05) is 17.8 Å². The standard InChI is InChI=1S/C20H22FN3O/c1-13-3-8-18-16(11-13)17-12-23(2)10-9-19(17)24(18)20(25)22-15-6-4-14(21)5-7-15/h3-8,11,17,19H,9-10,12H2,1-2H3,(H,22,25)/p+1. The fraction of sp³-hybridized carbons (Fsp3) is 0.350. The van der Waals surface area contributed by atoms with Gasteiger partial charge in [0.05, 0.1) is 32.1 Å². The van der Waals surface area contributed by atoms with E-state index in [2.05, 4.69) is 37.5 Å². The maximum Gasteiger partial charge on any atom is 0.326 e. The number of hydrogen-bond acceptors (Lipinski definition) is 1. The van der Waals surface area contributed by atoms with E-state index in [0.29, 0.717) is 11.6 Å². The number of carbonyl (C=O) groups excluding carboxylic acids is 1. The average molecular weight is 340 g/mol. The van der Waals surface area contributed by atoms with E-state index in [1.165, 1.54) is 28.2 Å². The third kappa shape index (κ3) is 2.89. The van der Waals surface area contributed by atoms with Gasteiger partial charge in [-0.15, -0.1) is 0 Å². The summed E-state index contributed by atoms with van der Waals surface area (Å²) in [5.41, 5.74) is 4.12. The van der Waals surface area contributed by atoms with Crippen molar-refractivity contribution in [3.8, 4) is 0 Å². The van der Waals surface area contributed by atoms with Gasteiger partial charge in [-0.25, -0.2) is 9.18 Å². The number of likely N-dealkylation sites (tertiary alicyclic amines) is 1. The third-order valence-electron chi connectivity index (χ3n) is 5.39. The number of halogens is 1. The smallest absolute Gasteiger partial charge is 0.326 e. The summed E-state index contributed by atoms with van der Waals surface area (Å²) >= 11 is 0. The van der Waals surface area contributed by atoms with Crippen LogP contribution in [-0.4, -0.2) is 32.2 Å². The lowest BCUT2D eigenvalue weighted by molar-refractivity contribution is -0.886. The molecule has 0 aromatic heterocycles. The maximum absolute atomic E-state index is 13.1. The van der Waals surface area contributed by atoms with Crippen molar-refractivity contribution in [2.45, 2.75) is 25.3 Å². The number of nitrogens with one attached hydrogen (secondary N) is 2. The van der Waals surface area contributed by atoms with Gasteiger partial charge in [-0.05, 0) is 42.8 Å². The molecule has 0 spiro atoms. The lowest BCUT2D eigenvalue weighted by Crippen LogP contribution is -3.11. The highest BCUT2D eigenvalue weighted by molar-refractivity contribution is 6.04. The van der Waals surface area contributed by atoms with Crippen molar-refractivity contribution in [3.05, 3.63) is 59.4 Å². The highest BCUT2D eigenvalue weighted by Crippen LogP contribution is 2.43. The number of fused-ring (bicyclic) bond motifs is 3. The molecule has 2 aromatic rings. The molecule has 1 fully saturated rings. The quantitative estimate of drug-likeness (QED) is 0.822. The van der Waals surface area contributed by atoms with Crippen molar-refractivity contribution >= 4 is 17.4 Å². The third-order valence-corrected chi connectivity index (χ3v) is 5.39. The second-order valence-electron chi connectivity index (χ2n) is 7.24. The number of piperidine rings is 1. The fourth-order valence-corrected chi connectivity index (χ4v) is 4.18. The van der Waals surface area contributed by atoms with Crippen LogP contribution in [0.1, 0.15) is 23.5 Å². The summed E-state index contributed by atoms with van der Waals surface area (Å²) in [6.45, 7) is 4.20. The molecule has 130 valence electrons. The molecule has 0 radical (unpaired) electrons. The number of anilines is 2. The van der Waals surface area contributed by atoms with Gasteiger partial charge in [0.25, 0.3) is 0 Å². The average Bonchev–Trinajstić information content (AvgIpc) is 2.90. The molecule has 4 rings (SSSR count). The zero-order chi connectivity index (χ0) is 17.6. The minimum atomic E-state index is -0.307. The van der Waals surface area contributed by atoms with Crippen molar-refractivity contribution in [2.24, 2.45) is 0 Å². The van der Waals surface area contributed by atoms with E-state index in [9.17, 15) is 9.18 Å². The van der Waals surface area contributed by atoms with E-state index in [1.807, 2.05) is 4.90 Å². The van der Waals surface area contributed by atoms with Crippen LogP contribution in [0.5, 0.6) is 0 Å². The molecule has 2 heterocycles. The second-order valence-corrected chi connectivity index (χ2v) is 7.24. The van der Waals surface area contributed by atoms with Crippen LogP contribution < -0.4 is 15.1 Å². The van der Waals surface area contributed by atoms with Crippen molar-refractivity contribution in [2.75, 3.05) is 30.4 Å². The fourth-order valence-electron chi connectivity index (χ4n) is 4.18. The monoisotopic (exact) mass is 340 g/mol. The summed E-state index contributed by atoms with van der Waals surface area (Å²) in [6, 6.07) is 12.3. The lowest BCUT2D eigenvalue weighted by Gasteiger charge is -2.34. The number of urea groups is 1. The molecule has 3 atom stereocenters. The molecule has 2 amide bonds. The van der Waals surface area contributed by atoms with Crippen LogP contribution in [0.15, 0.2) is 42.5 Å². The van der Waals surface area contributed by atoms with Crippen LogP contribution in [0.4, 0.5) is 20.6 Å². The maximum atomic E-state index is 13.1. The summed E-state index contributed by atoms with van der Waals surface area (Å²) < 4.78 is 13.1. The second kappa shape index (κ2) is 6.15. The van der Waals surface area contributed by atoms with E-state index in [-0.39, 0.29) is 17.9 Å². The van der Waals surface area contributed by atoms with E-state index in [1.54, 1.807) is 12.1 Å². The van der Waals surface area contributed by atoms with Crippen molar-refractivity contribution < 1.29 is 14.1 Å². The minimum Gasteiger partial charge on any atom is -0.337 e. The van der Waals surface area contributed by atoms with Crippen LogP contribution in [0.25, 0.3) is 0 Å². The Balaban J connectivity index is 1.66. The zero-order valence-electron chi connectivity index (χ0n) is 14.6. The SMILES string of the molecule is Cc1ccc2c(c1)C1C[NH+](C)CCC1N2C(=O)Nc1ccc(F)cc1. The summed E-state index contributed by atoms with van der Waals surface area (Å²) in [6.07, 6.45) is 0.987. The summed E-state index contributed by atoms with van der Waals surface area (Å²) in [7, 11) is 2.22. The van der Waals surface area contributed by atoms with Crippen LogP contribution in [-0.2, 0) is 0 Å². The largest absolute Gasteiger partial charge is 0.337 e. The molecule has 2 aliphatic rings. The summed E-state index contributed by atoms with van der Waals surface area (Å²) in [5, 5.41) is 2.92. The first-order valence-electron chi connectivity index (χ1n) is 8.80. The number of benzene rings is 2. The molecule has 2 aliphatic heterocycles. The Hall–Kier alpha value is -2.40. The molecule has 25 heavy (non-hydrogen) atoms. The van der Waals surface area contributed by atoms with Gasteiger partial charge < -0.3 is 10.2 Å². The van der Waals surface area contributed by atoms with E-state index >= 15 is 0 Å². The van der Waals surface area contributed by atoms with Crippen molar-refractivity contribution in [1.29, 1.82) is 0 Å². The number of quaternary nitrogens is 1. The van der Waals surface area contributed by atoms with E-state index < -0.39 is 0 Å². The number of amides is 2. The molecular formula is C20H23FN3O+. The molecular weight excluding hydrogens is 317 g/mol.